The van der Waals surface area contributed by atoms with E-state index in [4.69, 9.17) is 15.2 Å². The van der Waals surface area contributed by atoms with Gasteiger partial charge in [0, 0.05) is 6.04 Å². The Hall–Kier alpha value is -1.68. The molecule has 1 aromatic rings. The van der Waals surface area contributed by atoms with Gasteiger partial charge in [-0.15, -0.1) is 0 Å². The van der Waals surface area contributed by atoms with Crippen LogP contribution in [0.2, 0.25) is 0 Å². The number of hydrogen-bond donors (Lipinski definition) is 2. The normalized spacial score (nSPS) is 12.7. The first-order chi connectivity index (χ1) is 8.08. The quantitative estimate of drug-likeness (QED) is 0.823. The van der Waals surface area contributed by atoms with Gasteiger partial charge in [-0.05, 0) is 31.0 Å². The molecule has 0 spiro atoms. The molecule has 0 aliphatic heterocycles. The van der Waals surface area contributed by atoms with Crippen LogP contribution >= 0.6 is 0 Å². The average molecular weight is 237 g/mol. The number of rotatable bonds is 5. The van der Waals surface area contributed by atoms with Crippen molar-refractivity contribution in [1.29, 1.82) is 0 Å². The molecule has 0 aromatic heterocycles. The number of phenolic OH excluding ortho intramolecular Hbond substituents is 1. The summed E-state index contributed by atoms with van der Waals surface area (Å²) >= 11 is 0. The third kappa shape index (κ3) is 3.67. The van der Waals surface area contributed by atoms with Crippen LogP contribution in [0.3, 0.4) is 0 Å². The highest BCUT2D eigenvalue weighted by molar-refractivity contribution is 5.61. The van der Waals surface area contributed by atoms with Crippen molar-refractivity contribution in [2.45, 2.75) is 19.4 Å². The molecule has 0 heterocycles. The molecule has 94 valence electrons. The molecule has 1 rings (SSSR count). The van der Waals surface area contributed by atoms with Crippen molar-refractivity contribution in [3.63, 3.8) is 0 Å². The molecule has 0 amide bonds. The van der Waals surface area contributed by atoms with Gasteiger partial charge in [0.15, 0.2) is 11.5 Å². The van der Waals surface area contributed by atoms with Crippen molar-refractivity contribution in [2.24, 2.45) is 5.73 Å². The standard InChI is InChI=1S/C13H19NO3/c1-9(14)5-4-6-10-7-11(16-2)13(15)12(8-10)17-3/h4,6-9,15H,5,14H2,1-3H3/b6-4+. The summed E-state index contributed by atoms with van der Waals surface area (Å²) in [6, 6.07) is 3.62. The Balaban J connectivity index is 2.97. The smallest absolute Gasteiger partial charge is 0.200 e. The van der Waals surface area contributed by atoms with E-state index < -0.39 is 0 Å². The Labute approximate surface area is 102 Å². The first-order valence-electron chi connectivity index (χ1n) is 5.45. The molecule has 4 heteroatoms. The Bertz CT molecular complexity index is 375. The van der Waals surface area contributed by atoms with Gasteiger partial charge in [0.05, 0.1) is 14.2 Å². The maximum atomic E-state index is 9.73. The molecule has 0 saturated carbocycles. The van der Waals surface area contributed by atoms with E-state index in [0.717, 1.165) is 12.0 Å². The third-order valence-electron chi connectivity index (χ3n) is 2.32. The highest BCUT2D eigenvalue weighted by atomic mass is 16.5. The van der Waals surface area contributed by atoms with Crippen molar-refractivity contribution < 1.29 is 14.6 Å². The van der Waals surface area contributed by atoms with Crippen LogP contribution in [0.1, 0.15) is 18.9 Å². The highest BCUT2D eigenvalue weighted by Gasteiger charge is 2.09. The molecule has 1 atom stereocenters. The number of hydrogen-bond acceptors (Lipinski definition) is 4. The maximum absolute atomic E-state index is 9.73. The highest BCUT2D eigenvalue weighted by Crippen LogP contribution is 2.37. The van der Waals surface area contributed by atoms with Crippen LogP contribution in [0.25, 0.3) is 6.08 Å². The first-order valence-corrected chi connectivity index (χ1v) is 5.45. The molecular formula is C13H19NO3. The summed E-state index contributed by atoms with van der Waals surface area (Å²) in [4.78, 5) is 0. The van der Waals surface area contributed by atoms with Gasteiger partial charge in [-0.3, -0.25) is 0 Å². The molecule has 1 unspecified atom stereocenters. The molecule has 0 fully saturated rings. The van der Waals surface area contributed by atoms with E-state index in [0.29, 0.717) is 11.5 Å². The lowest BCUT2D eigenvalue weighted by molar-refractivity contribution is 0.340. The zero-order valence-corrected chi connectivity index (χ0v) is 10.4. The van der Waals surface area contributed by atoms with E-state index in [1.807, 2.05) is 19.1 Å². The second-order valence-electron chi connectivity index (χ2n) is 3.89. The number of benzene rings is 1. The van der Waals surface area contributed by atoms with Crippen molar-refractivity contribution in [2.75, 3.05) is 14.2 Å². The molecule has 0 radical (unpaired) electrons. The maximum Gasteiger partial charge on any atom is 0.200 e. The molecule has 3 N–H and O–H groups in total. The number of methoxy groups -OCH3 is 2. The first kappa shape index (κ1) is 13.4. The molecule has 0 bridgehead atoms. The van der Waals surface area contributed by atoms with Gasteiger partial charge in [-0.2, -0.15) is 0 Å². The SMILES string of the molecule is COc1cc(/C=C/CC(C)N)cc(OC)c1O. The molecule has 1 aromatic carbocycles. The fourth-order valence-electron chi connectivity index (χ4n) is 1.43. The van der Waals surface area contributed by atoms with Crippen molar-refractivity contribution in [3.05, 3.63) is 23.8 Å². The van der Waals surface area contributed by atoms with Crippen molar-refractivity contribution in [1.82, 2.24) is 0 Å². The van der Waals surface area contributed by atoms with Crippen LogP contribution in [0.15, 0.2) is 18.2 Å². The largest absolute Gasteiger partial charge is 0.502 e. The van der Waals surface area contributed by atoms with Gasteiger partial charge in [0.25, 0.3) is 0 Å². The van der Waals surface area contributed by atoms with Gasteiger partial charge in [0.1, 0.15) is 0 Å². The van der Waals surface area contributed by atoms with Crippen LogP contribution in [0, 0.1) is 0 Å². The van der Waals surface area contributed by atoms with E-state index in [-0.39, 0.29) is 11.8 Å². The summed E-state index contributed by atoms with van der Waals surface area (Å²) in [5.74, 6) is 0.800. The zero-order chi connectivity index (χ0) is 12.8. The fraction of sp³-hybridized carbons (Fsp3) is 0.385. The van der Waals surface area contributed by atoms with Crippen LogP contribution in [-0.4, -0.2) is 25.4 Å². The monoisotopic (exact) mass is 237 g/mol. The molecule has 17 heavy (non-hydrogen) atoms. The van der Waals surface area contributed by atoms with Crippen molar-refractivity contribution in [3.8, 4) is 17.2 Å². The summed E-state index contributed by atoms with van der Waals surface area (Å²) in [6.45, 7) is 1.95. The molecule has 4 nitrogen and oxygen atoms in total. The Kier molecular flexibility index (Phi) is 4.84. The van der Waals surface area contributed by atoms with Gasteiger partial charge >= 0.3 is 0 Å². The number of ether oxygens (including phenoxy) is 2. The summed E-state index contributed by atoms with van der Waals surface area (Å²) in [5.41, 5.74) is 6.55. The predicted molar refractivity (Wildman–Crippen MR) is 68.5 cm³/mol. The van der Waals surface area contributed by atoms with E-state index in [9.17, 15) is 5.11 Å². The molecular weight excluding hydrogens is 218 g/mol. The van der Waals surface area contributed by atoms with Crippen LogP contribution in [0.5, 0.6) is 17.2 Å². The van der Waals surface area contributed by atoms with Gasteiger partial charge in [-0.25, -0.2) is 0 Å². The Morgan fingerprint density at radius 3 is 2.24 bits per heavy atom. The predicted octanol–water partition coefficient (Wildman–Crippen LogP) is 2.16. The molecule has 0 saturated heterocycles. The summed E-state index contributed by atoms with van der Waals surface area (Å²) < 4.78 is 10.1. The topological polar surface area (TPSA) is 64.7 Å². The van der Waals surface area contributed by atoms with Crippen molar-refractivity contribution >= 4 is 6.08 Å². The van der Waals surface area contributed by atoms with Gasteiger partial charge in [0.2, 0.25) is 5.75 Å². The minimum absolute atomic E-state index is 0.0133. The number of nitrogens with two attached hydrogens (primary N) is 1. The van der Waals surface area contributed by atoms with Crippen LogP contribution in [-0.2, 0) is 0 Å². The summed E-state index contributed by atoms with van der Waals surface area (Å²) in [6.07, 6.45) is 4.70. The van der Waals surface area contributed by atoms with Crippen LogP contribution < -0.4 is 15.2 Å². The van der Waals surface area contributed by atoms with E-state index in [1.54, 1.807) is 12.1 Å². The lowest BCUT2D eigenvalue weighted by atomic mass is 10.1. The molecule has 0 aliphatic rings. The Morgan fingerprint density at radius 1 is 1.29 bits per heavy atom. The minimum Gasteiger partial charge on any atom is -0.502 e. The van der Waals surface area contributed by atoms with E-state index in [2.05, 4.69) is 0 Å². The second kappa shape index (κ2) is 6.15. The van der Waals surface area contributed by atoms with Crippen LogP contribution in [0.4, 0.5) is 0 Å². The van der Waals surface area contributed by atoms with Gasteiger partial charge in [-0.1, -0.05) is 12.2 Å². The summed E-state index contributed by atoms with van der Waals surface area (Å²) in [7, 11) is 3.01. The van der Waals surface area contributed by atoms with E-state index in [1.165, 1.54) is 14.2 Å². The lowest BCUT2D eigenvalue weighted by Gasteiger charge is -2.09. The molecule has 0 aliphatic carbocycles. The van der Waals surface area contributed by atoms with E-state index >= 15 is 0 Å². The number of phenols is 1. The summed E-state index contributed by atoms with van der Waals surface area (Å²) in [5, 5.41) is 9.73. The number of aromatic hydroxyl groups is 1. The third-order valence-corrected chi connectivity index (χ3v) is 2.32. The van der Waals surface area contributed by atoms with Gasteiger partial charge < -0.3 is 20.3 Å². The Morgan fingerprint density at radius 2 is 1.82 bits per heavy atom. The zero-order valence-electron chi connectivity index (χ0n) is 10.4. The minimum atomic E-state index is 0.0133. The fourth-order valence-corrected chi connectivity index (χ4v) is 1.43. The lowest BCUT2D eigenvalue weighted by Crippen LogP contribution is -2.12. The second-order valence-corrected chi connectivity index (χ2v) is 3.89. The average Bonchev–Trinajstić information content (AvgIpc) is 2.30.